The monoisotopic (exact) mass is 503 g/mol. The number of aliphatic hydroxyl groups excluding tert-OH is 1. The molecule has 1 aliphatic heterocycles. The second-order valence-corrected chi connectivity index (χ2v) is 12.0. The molecule has 1 N–H and O–H groups in total. The number of methoxy groups -OCH3 is 1. The number of ether oxygens (including phenoxy) is 1. The average Bonchev–Trinajstić information content (AvgIpc) is 3.40. The predicted octanol–water partition coefficient (Wildman–Crippen LogP) is 5.85. The highest BCUT2D eigenvalue weighted by Crippen LogP contribution is 2.42. The van der Waals surface area contributed by atoms with Gasteiger partial charge in [0.15, 0.2) is 0 Å². The van der Waals surface area contributed by atoms with Crippen LogP contribution in [-0.2, 0) is 0 Å². The summed E-state index contributed by atoms with van der Waals surface area (Å²) < 4.78 is 21.4. The number of piperidine rings is 1. The van der Waals surface area contributed by atoms with Gasteiger partial charge in [-0.3, -0.25) is 4.98 Å². The van der Waals surface area contributed by atoms with E-state index >= 15 is 4.39 Å². The van der Waals surface area contributed by atoms with Gasteiger partial charge >= 0.3 is 0 Å². The lowest BCUT2D eigenvalue weighted by molar-refractivity contribution is 0.0323. The normalized spacial score (nSPS) is 19.8. The number of likely N-dealkylation sites (tertiary alicyclic amines) is 1. The minimum absolute atomic E-state index is 0.135. The molecule has 0 spiro atoms. The Labute approximate surface area is 214 Å². The van der Waals surface area contributed by atoms with Crippen molar-refractivity contribution in [1.29, 1.82) is 0 Å². The summed E-state index contributed by atoms with van der Waals surface area (Å²) in [4.78, 5) is 9.01. The fraction of sp³-hybridized carbons (Fsp3) is 0.679. The van der Waals surface area contributed by atoms with Gasteiger partial charge in [-0.25, -0.2) is 4.39 Å². The number of halogens is 1. The highest BCUT2D eigenvalue weighted by Gasteiger charge is 2.35. The molecule has 2 aliphatic rings. The van der Waals surface area contributed by atoms with E-state index in [9.17, 15) is 5.11 Å². The zero-order valence-electron chi connectivity index (χ0n) is 21.6. The van der Waals surface area contributed by atoms with E-state index < -0.39 is 6.17 Å². The van der Waals surface area contributed by atoms with Crippen molar-refractivity contribution in [2.75, 3.05) is 58.1 Å². The van der Waals surface area contributed by atoms with Gasteiger partial charge in [-0.05, 0) is 75.2 Å². The zero-order chi connectivity index (χ0) is 24.8. The Kier molecular flexibility index (Phi) is 9.17. The van der Waals surface area contributed by atoms with E-state index in [1.54, 1.807) is 13.3 Å². The van der Waals surface area contributed by atoms with Gasteiger partial charge in [0, 0.05) is 49.2 Å². The van der Waals surface area contributed by atoms with Gasteiger partial charge in [-0.15, -0.1) is 0 Å². The van der Waals surface area contributed by atoms with E-state index in [0.717, 1.165) is 54.3 Å². The zero-order valence-corrected chi connectivity index (χ0v) is 22.5. The number of fused-ring (bicyclic) bond motifs is 1. The molecule has 1 atom stereocenters. The number of benzene rings is 1. The fourth-order valence-corrected chi connectivity index (χ4v) is 7.08. The highest BCUT2D eigenvalue weighted by molar-refractivity contribution is 7.99. The van der Waals surface area contributed by atoms with Crippen molar-refractivity contribution in [1.82, 2.24) is 9.88 Å². The molecular formula is C28H42FN3O2S. The summed E-state index contributed by atoms with van der Waals surface area (Å²) in [6.07, 6.45) is 9.17. The average molecular weight is 504 g/mol. The number of hydrogen-bond acceptors (Lipinski definition) is 6. The van der Waals surface area contributed by atoms with Gasteiger partial charge in [-0.2, -0.15) is 11.8 Å². The van der Waals surface area contributed by atoms with Crippen LogP contribution in [0.4, 0.5) is 10.1 Å². The summed E-state index contributed by atoms with van der Waals surface area (Å²) in [5.74, 6) is 1.91. The maximum atomic E-state index is 16.0. The van der Waals surface area contributed by atoms with Crippen molar-refractivity contribution in [3.8, 4) is 5.75 Å². The first kappa shape index (κ1) is 26.5. The lowest BCUT2D eigenvalue weighted by atomic mass is 9.74. The molecule has 0 amide bonds. The minimum atomic E-state index is -1.13. The number of nitrogens with zero attached hydrogens (tertiary/aromatic N) is 3. The van der Waals surface area contributed by atoms with Gasteiger partial charge in [-0.1, -0.05) is 12.8 Å². The maximum absolute atomic E-state index is 16.0. The first-order valence-electron chi connectivity index (χ1n) is 13.2. The quantitative estimate of drug-likeness (QED) is 0.415. The Morgan fingerprint density at radius 3 is 2.66 bits per heavy atom. The Morgan fingerprint density at radius 2 is 2.00 bits per heavy atom. The van der Waals surface area contributed by atoms with E-state index in [0.29, 0.717) is 24.2 Å². The van der Waals surface area contributed by atoms with E-state index in [4.69, 9.17) is 4.74 Å². The van der Waals surface area contributed by atoms with Gasteiger partial charge in [0.05, 0.1) is 24.5 Å². The molecule has 1 saturated heterocycles. The Hall–Kier alpha value is -1.57. The lowest BCUT2D eigenvalue weighted by Crippen LogP contribution is -2.43. The number of hydrogen-bond donors (Lipinski definition) is 1. The molecule has 1 aromatic carbocycles. The number of aromatic nitrogens is 1. The number of thioether (sulfide) groups is 1. The Bertz CT molecular complexity index is 959. The van der Waals surface area contributed by atoms with Crippen LogP contribution in [0.15, 0.2) is 24.4 Å². The number of aliphatic hydroxyl groups is 1. The molecule has 7 heteroatoms. The largest absolute Gasteiger partial charge is 0.497 e. The van der Waals surface area contributed by atoms with Crippen LogP contribution in [0.5, 0.6) is 5.75 Å². The van der Waals surface area contributed by atoms with Crippen molar-refractivity contribution < 1.29 is 14.2 Å². The van der Waals surface area contributed by atoms with Gasteiger partial charge in [0.1, 0.15) is 11.9 Å². The Balaban J connectivity index is 1.39. The SMILES string of the molecule is COc1ccc2ncc(N(C)C)c(C(F)CCC3(CO)CCN(CCSC4CCCC4)CC3)c2c1. The third-order valence-electron chi connectivity index (χ3n) is 8.13. The molecule has 2 heterocycles. The smallest absolute Gasteiger partial charge is 0.128 e. The van der Waals surface area contributed by atoms with Crippen molar-refractivity contribution in [3.05, 3.63) is 30.0 Å². The summed E-state index contributed by atoms with van der Waals surface area (Å²) >= 11 is 2.14. The van der Waals surface area contributed by atoms with Crippen molar-refractivity contribution in [2.45, 2.75) is 62.8 Å². The molecule has 1 saturated carbocycles. The summed E-state index contributed by atoms with van der Waals surface area (Å²) in [5.41, 5.74) is 2.06. The van der Waals surface area contributed by atoms with E-state index in [1.807, 2.05) is 37.2 Å². The predicted molar refractivity (Wildman–Crippen MR) is 146 cm³/mol. The number of anilines is 1. The van der Waals surface area contributed by atoms with Crippen LogP contribution >= 0.6 is 11.8 Å². The summed E-state index contributed by atoms with van der Waals surface area (Å²) in [7, 11) is 5.48. The van der Waals surface area contributed by atoms with Gasteiger partial charge in [0.25, 0.3) is 0 Å². The standard InChI is InChI=1S/C28H42FN3O2S/c1-31(2)26-19-30-25-9-8-21(34-3)18-23(25)27(26)24(29)10-11-28(20-33)12-14-32(15-13-28)16-17-35-22-6-4-5-7-22/h8-9,18-19,22,24,33H,4-7,10-17,20H2,1-3H3. The maximum Gasteiger partial charge on any atom is 0.128 e. The van der Waals surface area contributed by atoms with Crippen LogP contribution in [0, 0.1) is 5.41 Å². The van der Waals surface area contributed by atoms with Crippen molar-refractivity contribution >= 4 is 28.4 Å². The number of alkyl halides is 1. The minimum Gasteiger partial charge on any atom is -0.497 e. The first-order chi connectivity index (χ1) is 16.9. The molecule has 4 rings (SSSR count). The first-order valence-corrected chi connectivity index (χ1v) is 14.2. The molecule has 1 unspecified atom stereocenters. The van der Waals surface area contributed by atoms with Gasteiger partial charge in [0.2, 0.25) is 0 Å². The lowest BCUT2D eigenvalue weighted by Gasteiger charge is -2.41. The van der Waals surface area contributed by atoms with Crippen LogP contribution in [0.2, 0.25) is 0 Å². The molecule has 5 nitrogen and oxygen atoms in total. The second kappa shape index (κ2) is 12.1. The van der Waals surface area contributed by atoms with Gasteiger partial charge < -0.3 is 19.6 Å². The second-order valence-electron chi connectivity index (χ2n) is 10.6. The summed E-state index contributed by atoms with van der Waals surface area (Å²) in [6, 6.07) is 5.64. The van der Waals surface area contributed by atoms with Crippen LogP contribution in [0.3, 0.4) is 0 Å². The molecular weight excluding hydrogens is 461 g/mol. The van der Waals surface area contributed by atoms with Crippen LogP contribution in [0.1, 0.15) is 63.1 Å². The molecule has 0 radical (unpaired) electrons. The van der Waals surface area contributed by atoms with Crippen LogP contribution < -0.4 is 9.64 Å². The van der Waals surface area contributed by atoms with Crippen LogP contribution in [0.25, 0.3) is 10.9 Å². The topological polar surface area (TPSA) is 48.8 Å². The fourth-order valence-electron chi connectivity index (χ4n) is 5.71. The Morgan fingerprint density at radius 1 is 1.26 bits per heavy atom. The molecule has 1 aliphatic carbocycles. The molecule has 35 heavy (non-hydrogen) atoms. The third-order valence-corrected chi connectivity index (χ3v) is 9.50. The number of rotatable bonds is 11. The highest BCUT2D eigenvalue weighted by atomic mass is 32.2. The van der Waals surface area contributed by atoms with E-state index in [-0.39, 0.29) is 12.0 Å². The summed E-state index contributed by atoms with van der Waals surface area (Å²) in [5, 5.41) is 12.0. The van der Waals surface area contributed by atoms with E-state index in [1.165, 1.54) is 31.4 Å². The van der Waals surface area contributed by atoms with Crippen molar-refractivity contribution in [2.24, 2.45) is 5.41 Å². The van der Waals surface area contributed by atoms with E-state index in [2.05, 4.69) is 21.6 Å². The summed E-state index contributed by atoms with van der Waals surface area (Å²) in [6.45, 7) is 3.27. The molecule has 2 fully saturated rings. The number of pyridine rings is 1. The van der Waals surface area contributed by atoms with Crippen molar-refractivity contribution in [3.63, 3.8) is 0 Å². The van der Waals surface area contributed by atoms with Crippen LogP contribution in [-0.4, -0.2) is 73.4 Å². The molecule has 0 bridgehead atoms. The molecule has 2 aromatic rings. The molecule has 1 aromatic heterocycles. The molecule has 194 valence electrons. The third kappa shape index (κ3) is 6.41.